The lowest BCUT2D eigenvalue weighted by molar-refractivity contribution is -0.162. The van der Waals surface area contributed by atoms with Gasteiger partial charge in [0.2, 0.25) is 0 Å². The van der Waals surface area contributed by atoms with Gasteiger partial charge in [-0.05, 0) is 37.5 Å². The third-order valence-corrected chi connectivity index (χ3v) is 9.02. The number of rotatable bonds is 26. The predicted octanol–water partition coefficient (Wildman–Crippen LogP) is 9.06. The van der Waals surface area contributed by atoms with E-state index in [9.17, 15) is 9.90 Å². The van der Waals surface area contributed by atoms with Crippen molar-refractivity contribution in [3.8, 4) is 0 Å². The number of carboxylic acid groups (broad SMARTS) is 1. The molecule has 38 heavy (non-hydrogen) atoms. The third kappa shape index (κ3) is 16.5. The van der Waals surface area contributed by atoms with Crippen molar-refractivity contribution in [1.82, 2.24) is 0 Å². The molecule has 230 valence electrons. The van der Waals surface area contributed by atoms with Crippen molar-refractivity contribution in [2.45, 2.75) is 182 Å². The molecule has 0 bridgehead atoms. The van der Waals surface area contributed by atoms with Crippen molar-refractivity contribution in [3.05, 3.63) is 0 Å². The molecule has 4 N–H and O–H groups in total. The van der Waals surface area contributed by atoms with Crippen molar-refractivity contribution in [3.63, 3.8) is 0 Å². The Hall–Kier alpha value is -0.650. The van der Waals surface area contributed by atoms with E-state index in [0.717, 1.165) is 38.5 Å². The van der Waals surface area contributed by atoms with Gasteiger partial charge in [-0.3, -0.25) is 4.79 Å². The second-order valence-corrected chi connectivity index (χ2v) is 11.6. The van der Waals surface area contributed by atoms with E-state index in [0.29, 0.717) is 0 Å². The Morgan fingerprint density at radius 1 is 0.553 bits per heavy atom. The Morgan fingerprint density at radius 3 is 1.18 bits per heavy atom. The lowest BCUT2D eigenvalue weighted by atomic mass is 9.55. The SMILES string of the molecule is CCCCCCCCCCCCCCCC(CC)(CC)C(CC)(CCCCCC)C(=O)O.OCC(O)CO. The molecule has 0 aliphatic carbocycles. The summed E-state index contributed by atoms with van der Waals surface area (Å²) in [6.07, 6.45) is 26.2. The average Bonchev–Trinajstić information content (AvgIpc) is 2.94. The summed E-state index contributed by atoms with van der Waals surface area (Å²) in [7, 11) is 0. The number of hydrogen-bond acceptors (Lipinski definition) is 4. The molecule has 0 spiro atoms. The van der Waals surface area contributed by atoms with Crippen LogP contribution >= 0.6 is 0 Å². The molecule has 0 heterocycles. The molecule has 0 aliphatic rings. The normalized spacial score (nSPS) is 13.3. The van der Waals surface area contributed by atoms with Gasteiger partial charge < -0.3 is 20.4 Å². The van der Waals surface area contributed by atoms with Gasteiger partial charge in [-0.2, -0.15) is 0 Å². The van der Waals surface area contributed by atoms with Crippen LogP contribution in [0.3, 0.4) is 0 Å². The van der Waals surface area contributed by atoms with Gasteiger partial charge in [-0.15, -0.1) is 0 Å². The number of aliphatic hydroxyl groups excluding tert-OH is 3. The van der Waals surface area contributed by atoms with Crippen LogP contribution in [0.4, 0.5) is 0 Å². The fourth-order valence-electron chi connectivity index (χ4n) is 6.21. The highest BCUT2D eigenvalue weighted by atomic mass is 16.4. The summed E-state index contributed by atoms with van der Waals surface area (Å²) >= 11 is 0. The highest BCUT2D eigenvalue weighted by Crippen LogP contribution is 2.54. The summed E-state index contributed by atoms with van der Waals surface area (Å²) in [6, 6.07) is 0. The Bertz CT molecular complexity index is 502. The fraction of sp³-hybridized carbons (Fsp3) is 0.970. The van der Waals surface area contributed by atoms with Gasteiger partial charge in [0, 0.05) is 0 Å². The highest BCUT2D eigenvalue weighted by molar-refractivity contribution is 5.75. The third-order valence-electron chi connectivity index (χ3n) is 9.02. The molecule has 0 aliphatic heterocycles. The second kappa shape index (κ2) is 26.6. The van der Waals surface area contributed by atoms with Gasteiger partial charge in [0.15, 0.2) is 0 Å². The number of carboxylic acids is 1. The van der Waals surface area contributed by atoms with E-state index in [-0.39, 0.29) is 18.6 Å². The molecule has 1 unspecified atom stereocenters. The smallest absolute Gasteiger partial charge is 0.310 e. The maximum atomic E-state index is 12.6. The van der Waals surface area contributed by atoms with Crippen LogP contribution in [-0.2, 0) is 4.79 Å². The minimum atomic E-state index is -0.954. The van der Waals surface area contributed by atoms with E-state index in [1.54, 1.807) is 0 Å². The van der Waals surface area contributed by atoms with E-state index >= 15 is 0 Å². The van der Waals surface area contributed by atoms with E-state index < -0.39 is 17.5 Å². The summed E-state index contributed by atoms with van der Waals surface area (Å²) in [5.74, 6) is -0.533. The second-order valence-electron chi connectivity index (χ2n) is 11.6. The van der Waals surface area contributed by atoms with Gasteiger partial charge in [-0.1, -0.05) is 144 Å². The molecule has 0 radical (unpaired) electrons. The van der Waals surface area contributed by atoms with Crippen molar-refractivity contribution >= 4 is 5.97 Å². The van der Waals surface area contributed by atoms with Gasteiger partial charge in [0.1, 0.15) is 6.10 Å². The van der Waals surface area contributed by atoms with E-state index in [2.05, 4.69) is 34.6 Å². The highest BCUT2D eigenvalue weighted by Gasteiger charge is 2.52. The van der Waals surface area contributed by atoms with Gasteiger partial charge in [-0.25, -0.2) is 0 Å². The van der Waals surface area contributed by atoms with E-state index in [1.165, 1.54) is 103 Å². The first-order chi connectivity index (χ1) is 18.3. The van der Waals surface area contributed by atoms with Crippen molar-refractivity contribution in [2.24, 2.45) is 10.8 Å². The lowest BCUT2D eigenvalue weighted by Crippen LogP contribution is -2.47. The Morgan fingerprint density at radius 2 is 0.895 bits per heavy atom. The molecule has 0 saturated carbocycles. The quantitative estimate of drug-likeness (QED) is 0.0814. The molecule has 0 amide bonds. The summed E-state index contributed by atoms with van der Waals surface area (Å²) in [5.41, 5.74) is -0.584. The Kier molecular flexibility index (Phi) is 27.6. The molecule has 5 heteroatoms. The first-order valence-corrected chi connectivity index (χ1v) is 16.4. The number of carbonyl (C=O) groups is 1. The van der Waals surface area contributed by atoms with Gasteiger partial charge >= 0.3 is 5.97 Å². The van der Waals surface area contributed by atoms with Crippen LogP contribution in [-0.4, -0.2) is 45.7 Å². The number of hydrogen-bond donors (Lipinski definition) is 4. The largest absolute Gasteiger partial charge is 0.481 e. The number of aliphatic carboxylic acids is 1. The monoisotopic (exact) mass is 545 g/mol. The van der Waals surface area contributed by atoms with Crippen molar-refractivity contribution in [1.29, 1.82) is 0 Å². The zero-order valence-electron chi connectivity index (χ0n) is 26.2. The van der Waals surface area contributed by atoms with Crippen LogP contribution < -0.4 is 0 Å². The van der Waals surface area contributed by atoms with Crippen LogP contribution in [0.5, 0.6) is 0 Å². The Labute approximate surface area is 237 Å². The molecular weight excluding hydrogens is 476 g/mol. The summed E-state index contributed by atoms with van der Waals surface area (Å²) in [6.45, 7) is 10.4. The van der Waals surface area contributed by atoms with Crippen LogP contribution in [0.1, 0.15) is 176 Å². The molecule has 5 nitrogen and oxygen atoms in total. The van der Waals surface area contributed by atoms with Crippen LogP contribution in [0.15, 0.2) is 0 Å². The first-order valence-electron chi connectivity index (χ1n) is 16.4. The number of aliphatic hydroxyl groups is 3. The average molecular weight is 545 g/mol. The topological polar surface area (TPSA) is 98.0 Å². The minimum absolute atomic E-state index is 0.0441. The Balaban J connectivity index is 0. The molecule has 0 aromatic rings. The van der Waals surface area contributed by atoms with E-state index in [1.807, 2.05) is 0 Å². The summed E-state index contributed by atoms with van der Waals surface area (Å²) in [4.78, 5) is 12.6. The molecule has 0 saturated heterocycles. The molecule has 0 fully saturated rings. The molecule has 0 rings (SSSR count). The summed E-state index contributed by atoms with van der Waals surface area (Å²) < 4.78 is 0. The zero-order chi connectivity index (χ0) is 29.1. The number of unbranched alkanes of at least 4 members (excludes halogenated alkanes) is 15. The van der Waals surface area contributed by atoms with Crippen LogP contribution in [0.2, 0.25) is 0 Å². The molecule has 0 aromatic heterocycles. The lowest BCUT2D eigenvalue weighted by Gasteiger charge is -2.48. The molecule has 0 aromatic carbocycles. The fourth-order valence-corrected chi connectivity index (χ4v) is 6.21. The van der Waals surface area contributed by atoms with Gasteiger partial charge in [0.05, 0.1) is 18.6 Å². The predicted molar refractivity (Wildman–Crippen MR) is 163 cm³/mol. The van der Waals surface area contributed by atoms with Crippen LogP contribution in [0, 0.1) is 10.8 Å². The first kappa shape index (κ1) is 39.5. The van der Waals surface area contributed by atoms with Crippen LogP contribution in [0.25, 0.3) is 0 Å². The van der Waals surface area contributed by atoms with Crippen molar-refractivity contribution in [2.75, 3.05) is 13.2 Å². The summed E-state index contributed by atoms with van der Waals surface area (Å²) in [5, 5.41) is 34.4. The molecule has 1 atom stereocenters. The van der Waals surface area contributed by atoms with Gasteiger partial charge in [0.25, 0.3) is 0 Å². The standard InChI is InChI=1S/C30H60O2.C3H8O3/c1-6-11-13-15-16-17-18-19-20-21-22-23-24-26-29(8-3,9-4)30(10-5,28(31)32)27-25-14-12-7-2;4-1-3(6)2-5/h6-27H2,1-5H3,(H,31,32);3-6H,1-2H2. The van der Waals surface area contributed by atoms with Crippen molar-refractivity contribution < 1.29 is 25.2 Å². The zero-order valence-corrected chi connectivity index (χ0v) is 26.2. The minimum Gasteiger partial charge on any atom is -0.481 e. The maximum absolute atomic E-state index is 12.6. The maximum Gasteiger partial charge on any atom is 0.310 e. The van der Waals surface area contributed by atoms with E-state index in [4.69, 9.17) is 15.3 Å². The molecular formula is C33H68O5.